The smallest absolute Gasteiger partial charge is 0.0869 e. The van der Waals surface area contributed by atoms with Crippen LogP contribution >= 0.6 is 0 Å². The lowest BCUT2D eigenvalue weighted by Gasteiger charge is -2.34. The van der Waals surface area contributed by atoms with Gasteiger partial charge in [0.05, 0.1) is 18.8 Å². The zero-order chi connectivity index (χ0) is 16.0. The molecule has 2 atom stereocenters. The van der Waals surface area contributed by atoms with Crippen molar-refractivity contribution < 1.29 is 9.84 Å². The Kier molecular flexibility index (Phi) is 6.38. The molecule has 0 radical (unpaired) electrons. The van der Waals surface area contributed by atoms with Crippen LogP contribution in [0.3, 0.4) is 0 Å². The standard InChI is InChI=1S/C18H30N2O2/c1-15-6-4-5-7-17(15)12-16(2)19-13-18(3,21)14-20-8-10-22-11-9-20/h4-7,16,19,21H,8-14H2,1-3H3. The highest BCUT2D eigenvalue weighted by Crippen LogP contribution is 2.11. The van der Waals surface area contributed by atoms with E-state index in [-0.39, 0.29) is 0 Å². The molecule has 0 spiro atoms. The van der Waals surface area contributed by atoms with Crippen molar-refractivity contribution in [3.05, 3.63) is 35.4 Å². The zero-order valence-corrected chi connectivity index (χ0v) is 14.1. The molecule has 0 aliphatic carbocycles. The summed E-state index contributed by atoms with van der Waals surface area (Å²) in [5.74, 6) is 0. The van der Waals surface area contributed by atoms with Crippen molar-refractivity contribution in [2.75, 3.05) is 39.4 Å². The summed E-state index contributed by atoms with van der Waals surface area (Å²) in [6.07, 6.45) is 0.986. The van der Waals surface area contributed by atoms with Gasteiger partial charge in [0.1, 0.15) is 0 Å². The summed E-state index contributed by atoms with van der Waals surface area (Å²) in [5, 5.41) is 14.1. The van der Waals surface area contributed by atoms with E-state index in [9.17, 15) is 5.11 Å². The van der Waals surface area contributed by atoms with E-state index < -0.39 is 5.60 Å². The molecule has 2 rings (SSSR count). The van der Waals surface area contributed by atoms with Gasteiger partial charge in [0.15, 0.2) is 0 Å². The Morgan fingerprint density at radius 3 is 2.68 bits per heavy atom. The maximum Gasteiger partial charge on any atom is 0.0869 e. The van der Waals surface area contributed by atoms with Gasteiger partial charge >= 0.3 is 0 Å². The van der Waals surface area contributed by atoms with Gasteiger partial charge in [-0.1, -0.05) is 24.3 Å². The second-order valence-corrected chi connectivity index (χ2v) is 6.80. The van der Waals surface area contributed by atoms with Crippen molar-refractivity contribution in [1.82, 2.24) is 10.2 Å². The van der Waals surface area contributed by atoms with E-state index in [1.165, 1.54) is 11.1 Å². The fraction of sp³-hybridized carbons (Fsp3) is 0.667. The highest BCUT2D eigenvalue weighted by atomic mass is 16.5. The van der Waals surface area contributed by atoms with Gasteiger partial charge in [-0.3, -0.25) is 4.90 Å². The van der Waals surface area contributed by atoms with E-state index >= 15 is 0 Å². The van der Waals surface area contributed by atoms with Gasteiger partial charge in [-0.2, -0.15) is 0 Å². The van der Waals surface area contributed by atoms with E-state index in [1.54, 1.807) is 0 Å². The molecule has 1 saturated heterocycles. The lowest BCUT2D eigenvalue weighted by molar-refractivity contribution is -0.0226. The fourth-order valence-corrected chi connectivity index (χ4v) is 2.93. The number of hydrogen-bond donors (Lipinski definition) is 2. The Bertz CT molecular complexity index is 456. The molecule has 0 bridgehead atoms. The number of benzene rings is 1. The number of β-amino-alcohol motifs (C(OH)–C–C–N with tert-alkyl or cyclic N) is 1. The minimum atomic E-state index is -0.711. The average Bonchev–Trinajstić information content (AvgIpc) is 2.48. The van der Waals surface area contributed by atoms with Crippen LogP contribution in [0.1, 0.15) is 25.0 Å². The molecule has 2 N–H and O–H groups in total. The largest absolute Gasteiger partial charge is 0.388 e. The molecule has 1 aliphatic rings. The number of hydrogen-bond acceptors (Lipinski definition) is 4. The first-order chi connectivity index (χ1) is 10.5. The van der Waals surface area contributed by atoms with Crippen LogP contribution in [-0.2, 0) is 11.2 Å². The Morgan fingerprint density at radius 1 is 1.32 bits per heavy atom. The van der Waals surface area contributed by atoms with E-state index in [0.29, 0.717) is 19.1 Å². The SMILES string of the molecule is Cc1ccccc1CC(C)NCC(C)(O)CN1CCOCC1. The van der Waals surface area contributed by atoms with Crippen molar-refractivity contribution in [3.8, 4) is 0 Å². The summed E-state index contributed by atoms with van der Waals surface area (Å²) in [5.41, 5.74) is 1.99. The molecular formula is C18H30N2O2. The normalized spacial score (nSPS) is 20.5. The number of aliphatic hydroxyl groups is 1. The van der Waals surface area contributed by atoms with Crippen LogP contribution < -0.4 is 5.32 Å². The molecule has 124 valence electrons. The second kappa shape index (κ2) is 8.06. The third kappa shape index (κ3) is 5.69. The highest BCUT2D eigenvalue weighted by Gasteiger charge is 2.25. The van der Waals surface area contributed by atoms with Gasteiger partial charge in [-0.05, 0) is 38.3 Å². The first-order valence-corrected chi connectivity index (χ1v) is 8.27. The topological polar surface area (TPSA) is 44.7 Å². The fourth-order valence-electron chi connectivity index (χ4n) is 2.93. The molecule has 4 heteroatoms. The van der Waals surface area contributed by atoms with E-state index in [1.807, 2.05) is 6.92 Å². The van der Waals surface area contributed by atoms with Crippen LogP contribution in [0, 0.1) is 6.92 Å². The van der Waals surface area contributed by atoms with E-state index in [2.05, 4.69) is 48.3 Å². The van der Waals surface area contributed by atoms with Crippen molar-refractivity contribution in [1.29, 1.82) is 0 Å². The summed E-state index contributed by atoms with van der Waals surface area (Å²) < 4.78 is 5.35. The van der Waals surface area contributed by atoms with Gasteiger partial charge < -0.3 is 15.2 Å². The predicted octanol–water partition coefficient (Wildman–Crippen LogP) is 1.60. The van der Waals surface area contributed by atoms with Gasteiger partial charge in [0.2, 0.25) is 0 Å². The monoisotopic (exact) mass is 306 g/mol. The molecule has 1 aromatic carbocycles. The molecule has 1 heterocycles. The summed E-state index contributed by atoms with van der Waals surface area (Å²) in [6, 6.07) is 8.83. The minimum absolute atomic E-state index is 0.345. The van der Waals surface area contributed by atoms with Crippen LogP contribution in [0.4, 0.5) is 0 Å². The average molecular weight is 306 g/mol. The van der Waals surface area contributed by atoms with Crippen LogP contribution in [0.5, 0.6) is 0 Å². The molecule has 0 aromatic heterocycles. The lowest BCUT2D eigenvalue weighted by Crippen LogP contribution is -2.51. The molecule has 4 nitrogen and oxygen atoms in total. The Morgan fingerprint density at radius 2 is 2.00 bits per heavy atom. The maximum absolute atomic E-state index is 10.6. The number of rotatable bonds is 7. The van der Waals surface area contributed by atoms with E-state index in [4.69, 9.17) is 4.74 Å². The summed E-state index contributed by atoms with van der Waals surface area (Å²) in [4.78, 5) is 2.27. The second-order valence-electron chi connectivity index (χ2n) is 6.80. The van der Waals surface area contributed by atoms with Crippen molar-refractivity contribution in [2.45, 2.75) is 38.8 Å². The van der Waals surface area contributed by atoms with Crippen molar-refractivity contribution >= 4 is 0 Å². The van der Waals surface area contributed by atoms with Crippen molar-refractivity contribution in [3.63, 3.8) is 0 Å². The number of morpholine rings is 1. The van der Waals surface area contributed by atoms with E-state index in [0.717, 1.165) is 32.7 Å². The summed E-state index contributed by atoms with van der Waals surface area (Å²) >= 11 is 0. The Balaban J connectivity index is 1.76. The number of nitrogens with one attached hydrogen (secondary N) is 1. The number of aryl methyl sites for hydroxylation is 1. The van der Waals surface area contributed by atoms with Crippen LogP contribution in [0.2, 0.25) is 0 Å². The quantitative estimate of drug-likeness (QED) is 0.803. The highest BCUT2D eigenvalue weighted by molar-refractivity contribution is 5.26. The molecule has 1 fully saturated rings. The predicted molar refractivity (Wildman–Crippen MR) is 90.2 cm³/mol. The molecule has 1 aromatic rings. The first-order valence-electron chi connectivity index (χ1n) is 8.27. The summed E-state index contributed by atoms with van der Waals surface area (Å²) in [6.45, 7) is 10.9. The number of ether oxygens (including phenoxy) is 1. The first kappa shape index (κ1) is 17.4. The Labute approximate surface area is 134 Å². The van der Waals surface area contributed by atoms with Gasteiger partial charge in [-0.15, -0.1) is 0 Å². The molecular weight excluding hydrogens is 276 g/mol. The maximum atomic E-state index is 10.6. The lowest BCUT2D eigenvalue weighted by atomic mass is 10.0. The van der Waals surface area contributed by atoms with Gasteiger partial charge in [0, 0.05) is 32.2 Å². The molecule has 1 aliphatic heterocycles. The molecule has 2 unspecified atom stereocenters. The molecule has 0 saturated carbocycles. The summed E-state index contributed by atoms with van der Waals surface area (Å²) in [7, 11) is 0. The number of nitrogens with zero attached hydrogens (tertiary/aromatic N) is 1. The van der Waals surface area contributed by atoms with Crippen LogP contribution in [0.15, 0.2) is 24.3 Å². The van der Waals surface area contributed by atoms with Gasteiger partial charge in [0.25, 0.3) is 0 Å². The van der Waals surface area contributed by atoms with Gasteiger partial charge in [-0.25, -0.2) is 0 Å². The van der Waals surface area contributed by atoms with Crippen molar-refractivity contribution in [2.24, 2.45) is 0 Å². The Hall–Kier alpha value is -0.940. The van der Waals surface area contributed by atoms with Crippen LogP contribution in [-0.4, -0.2) is 61.0 Å². The molecule has 0 amide bonds. The third-order valence-corrected chi connectivity index (χ3v) is 4.29. The minimum Gasteiger partial charge on any atom is -0.388 e. The zero-order valence-electron chi connectivity index (χ0n) is 14.1. The third-order valence-electron chi connectivity index (χ3n) is 4.29. The van der Waals surface area contributed by atoms with Crippen LogP contribution in [0.25, 0.3) is 0 Å². The molecule has 22 heavy (non-hydrogen) atoms.